The summed E-state index contributed by atoms with van der Waals surface area (Å²) >= 11 is 0. The van der Waals surface area contributed by atoms with Crippen LogP contribution in [-0.4, -0.2) is 96.3 Å². The molecule has 5 heterocycles. The minimum atomic E-state index is -4.63. The van der Waals surface area contributed by atoms with E-state index in [0.717, 1.165) is 12.2 Å². The second kappa shape index (κ2) is 11.0. The summed E-state index contributed by atoms with van der Waals surface area (Å²) in [5.74, 6) is -2.35. The molecular weight excluding hydrogens is 503 g/mol. The molecule has 2 unspecified atom stereocenters. The number of alkyl halides is 3. The molecule has 4 saturated heterocycles. The molecule has 0 radical (unpaired) electrons. The molecule has 4 fully saturated rings. The van der Waals surface area contributed by atoms with Crippen LogP contribution in [0.4, 0.5) is 19.0 Å². The molecule has 5 rings (SSSR count). The van der Waals surface area contributed by atoms with E-state index < -0.39 is 24.0 Å². The molecule has 38 heavy (non-hydrogen) atoms. The van der Waals surface area contributed by atoms with E-state index in [-0.39, 0.29) is 37.1 Å². The number of piperazine rings is 1. The fourth-order valence-corrected chi connectivity index (χ4v) is 6.23. The molecule has 0 aromatic carbocycles. The number of hydrogen-bond acceptors (Lipinski definition) is 8. The maximum atomic E-state index is 13.7. The number of nitrogens with zero attached hydrogens (tertiary/aromatic N) is 5. The topological polar surface area (TPSA) is 114 Å². The van der Waals surface area contributed by atoms with E-state index in [4.69, 9.17) is 10.00 Å². The molecule has 0 spiro atoms. The summed E-state index contributed by atoms with van der Waals surface area (Å²) in [7, 11) is 0. The van der Waals surface area contributed by atoms with Crippen molar-refractivity contribution < 1.29 is 27.5 Å². The number of rotatable bonds is 5. The summed E-state index contributed by atoms with van der Waals surface area (Å²) in [6.07, 6.45) is -0.550. The second-order valence-electron chi connectivity index (χ2n) is 10.4. The number of ether oxygens (including phenoxy) is 1. The van der Waals surface area contributed by atoms with Crippen molar-refractivity contribution in [1.82, 2.24) is 25.6 Å². The van der Waals surface area contributed by atoms with Gasteiger partial charge in [-0.3, -0.25) is 19.9 Å². The number of hydrazine groups is 1. The quantitative estimate of drug-likeness (QED) is 0.578. The zero-order valence-corrected chi connectivity index (χ0v) is 21.0. The van der Waals surface area contributed by atoms with E-state index in [0.29, 0.717) is 57.5 Å². The molecule has 1 aromatic heterocycles. The molecule has 5 atom stereocenters. The SMILES string of the molecule is N#Cc1ccc(N2CCN(C(=O)C[C@H]3CC[C@@H]([C@@H]4CCCN4C4CNNC(=O)C4C(F)(F)F)O3)CC2)nc1. The van der Waals surface area contributed by atoms with Crippen LogP contribution in [0.15, 0.2) is 18.3 Å². The first-order valence-corrected chi connectivity index (χ1v) is 13.1. The van der Waals surface area contributed by atoms with Gasteiger partial charge in [0.05, 0.1) is 24.2 Å². The predicted molar refractivity (Wildman–Crippen MR) is 129 cm³/mol. The molecule has 10 nitrogen and oxygen atoms in total. The molecule has 2 amide bonds. The third-order valence-corrected chi connectivity index (χ3v) is 8.12. The van der Waals surface area contributed by atoms with Gasteiger partial charge in [0, 0.05) is 51.0 Å². The van der Waals surface area contributed by atoms with E-state index in [2.05, 4.69) is 26.8 Å². The van der Waals surface area contributed by atoms with Gasteiger partial charge in [-0.15, -0.1) is 0 Å². The van der Waals surface area contributed by atoms with E-state index in [1.54, 1.807) is 11.0 Å². The van der Waals surface area contributed by atoms with Crippen LogP contribution in [-0.2, 0) is 14.3 Å². The van der Waals surface area contributed by atoms with Crippen LogP contribution in [0.1, 0.15) is 37.7 Å². The third kappa shape index (κ3) is 5.57. The lowest BCUT2D eigenvalue weighted by atomic mass is 9.93. The molecule has 1 aromatic rings. The molecular formula is C25H32F3N7O3. The number of pyridine rings is 1. The normalized spacial score (nSPS) is 30.8. The van der Waals surface area contributed by atoms with Crippen molar-refractivity contribution in [1.29, 1.82) is 5.26 Å². The number of likely N-dealkylation sites (tertiary alicyclic amines) is 1. The predicted octanol–water partition coefficient (Wildman–Crippen LogP) is 1.19. The summed E-state index contributed by atoms with van der Waals surface area (Å²) in [5, 5.41) is 8.93. The third-order valence-electron chi connectivity index (χ3n) is 8.12. The number of carbonyl (C=O) groups is 2. The maximum Gasteiger partial charge on any atom is 0.402 e. The fraction of sp³-hybridized carbons (Fsp3) is 0.680. The lowest BCUT2D eigenvalue weighted by Gasteiger charge is -2.42. The monoisotopic (exact) mass is 535 g/mol. The van der Waals surface area contributed by atoms with Crippen LogP contribution >= 0.6 is 0 Å². The minimum absolute atomic E-state index is 0.0108. The number of amides is 2. The van der Waals surface area contributed by atoms with Crippen LogP contribution in [0.3, 0.4) is 0 Å². The zero-order valence-electron chi connectivity index (χ0n) is 21.0. The smallest absolute Gasteiger partial charge is 0.373 e. The summed E-state index contributed by atoms with van der Waals surface area (Å²) < 4.78 is 47.4. The highest BCUT2D eigenvalue weighted by atomic mass is 19.4. The summed E-state index contributed by atoms with van der Waals surface area (Å²) in [6.45, 7) is 2.90. The average molecular weight is 536 g/mol. The molecule has 0 bridgehead atoms. The Bertz CT molecular complexity index is 1060. The van der Waals surface area contributed by atoms with Gasteiger partial charge in [0.1, 0.15) is 11.9 Å². The highest BCUT2D eigenvalue weighted by Crippen LogP contribution is 2.38. The Hall–Kier alpha value is -2.95. The molecule has 0 aliphatic carbocycles. The van der Waals surface area contributed by atoms with E-state index >= 15 is 0 Å². The first-order valence-electron chi connectivity index (χ1n) is 13.1. The maximum absolute atomic E-state index is 13.7. The molecule has 0 saturated carbocycles. The van der Waals surface area contributed by atoms with Crippen LogP contribution < -0.4 is 15.8 Å². The Kier molecular flexibility index (Phi) is 7.74. The highest BCUT2D eigenvalue weighted by molar-refractivity contribution is 5.80. The van der Waals surface area contributed by atoms with Gasteiger partial charge in [-0.1, -0.05) is 0 Å². The molecule has 4 aliphatic heterocycles. The Morgan fingerprint density at radius 2 is 1.92 bits per heavy atom. The summed E-state index contributed by atoms with van der Waals surface area (Å²) in [6, 6.07) is 4.39. The van der Waals surface area contributed by atoms with Crippen molar-refractivity contribution in [3.63, 3.8) is 0 Å². The van der Waals surface area contributed by atoms with Crippen molar-refractivity contribution in [3.8, 4) is 6.07 Å². The minimum Gasteiger partial charge on any atom is -0.373 e. The van der Waals surface area contributed by atoms with Crippen molar-refractivity contribution in [2.45, 2.75) is 62.6 Å². The van der Waals surface area contributed by atoms with Gasteiger partial charge in [0.15, 0.2) is 5.92 Å². The number of aromatic nitrogens is 1. The Morgan fingerprint density at radius 1 is 1.13 bits per heavy atom. The van der Waals surface area contributed by atoms with Gasteiger partial charge in [-0.2, -0.15) is 18.4 Å². The highest BCUT2D eigenvalue weighted by Gasteiger charge is 2.55. The lowest BCUT2D eigenvalue weighted by molar-refractivity contribution is -0.202. The van der Waals surface area contributed by atoms with Crippen LogP contribution in [0, 0.1) is 17.2 Å². The van der Waals surface area contributed by atoms with Gasteiger partial charge in [0.25, 0.3) is 0 Å². The Balaban J connectivity index is 1.13. The standard InChI is InChI=1S/C25H32F3N7O3/c26-25(27,28)23-19(15-31-32-24(23)37)35-7-1-2-18(35)20-5-4-17(38-20)12-22(36)34-10-8-33(9-11-34)21-6-3-16(13-29)14-30-21/h3,6,14,17-20,23,31H,1-2,4-5,7-12,15H2,(H,32,37)/t17-,18+,19?,20+,23?/m1/s1. The number of hydrogen-bond donors (Lipinski definition) is 2. The molecule has 206 valence electrons. The first kappa shape index (κ1) is 26.6. The van der Waals surface area contributed by atoms with Crippen LogP contribution in [0.25, 0.3) is 0 Å². The van der Waals surface area contributed by atoms with Crippen LogP contribution in [0.2, 0.25) is 0 Å². The lowest BCUT2D eigenvalue weighted by Crippen LogP contribution is -2.65. The first-order chi connectivity index (χ1) is 18.2. The van der Waals surface area contributed by atoms with Gasteiger partial charge in [0.2, 0.25) is 11.8 Å². The van der Waals surface area contributed by atoms with E-state index in [1.807, 2.05) is 11.0 Å². The number of nitrogens with one attached hydrogen (secondary N) is 2. The number of anilines is 1. The largest absolute Gasteiger partial charge is 0.402 e. The van der Waals surface area contributed by atoms with Crippen molar-refractivity contribution in [2.24, 2.45) is 5.92 Å². The molecule has 4 aliphatic rings. The Labute approximate surface area is 219 Å². The fourth-order valence-electron chi connectivity index (χ4n) is 6.23. The molecule has 2 N–H and O–H groups in total. The summed E-state index contributed by atoms with van der Waals surface area (Å²) in [5.41, 5.74) is 5.24. The van der Waals surface area contributed by atoms with Crippen molar-refractivity contribution in [2.75, 3.05) is 44.2 Å². The number of carbonyl (C=O) groups excluding carboxylic acids is 2. The van der Waals surface area contributed by atoms with Gasteiger partial charge in [-0.25, -0.2) is 10.4 Å². The number of halogens is 3. The Morgan fingerprint density at radius 3 is 2.61 bits per heavy atom. The van der Waals surface area contributed by atoms with Crippen molar-refractivity contribution >= 4 is 17.6 Å². The van der Waals surface area contributed by atoms with Crippen molar-refractivity contribution in [3.05, 3.63) is 23.9 Å². The number of nitriles is 1. The summed E-state index contributed by atoms with van der Waals surface area (Å²) in [4.78, 5) is 35.1. The van der Waals surface area contributed by atoms with Gasteiger partial charge < -0.3 is 14.5 Å². The zero-order chi connectivity index (χ0) is 26.9. The van der Waals surface area contributed by atoms with Gasteiger partial charge >= 0.3 is 6.18 Å². The van der Waals surface area contributed by atoms with E-state index in [1.165, 1.54) is 6.20 Å². The molecule has 13 heteroatoms. The van der Waals surface area contributed by atoms with Gasteiger partial charge in [-0.05, 0) is 44.4 Å². The second-order valence-corrected chi connectivity index (χ2v) is 10.4. The van der Waals surface area contributed by atoms with Crippen LogP contribution in [0.5, 0.6) is 0 Å². The van der Waals surface area contributed by atoms with E-state index in [9.17, 15) is 22.8 Å². The average Bonchev–Trinajstić information content (AvgIpc) is 3.57.